The molecule has 2 aliphatic heterocycles. The summed E-state index contributed by atoms with van der Waals surface area (Å²) in [5.41, 5.74) is 3.67. The third kappa shape index (κ3) is 4.11. The summed E-state index contributed by atoms with van der Waals surface area (Å²) in [7, 11) is 0. The van der Waals surface area contributed by atoms with Crippen LogP contribution in [0.25, 0.3) is 5.57 Å². The average Bonchev–Trinajstić information content (AvgIpc) is 3.48. The lowest BCUT2D eigenvalue weighted by Crippen LogP contribution is -2.62. The van der Waals surface area contributed by atoms with E-state index in [1.54, 1.807) is 10.4 Å². The van der Waals surface area contributed by atoms with E-state index in [0.717, 1.165) is 35.3 Å². The van der Waals surface area contributed by atoms with E-state index in [1.807, 2.05) is 36.4 Å². The van der Waals surface area contributed by atoms with Crippen LogP contribution in [0.3, 0.4) is 0 Å². The van der Waals surface area contributed by atoms with Gasteiger partial charge in [-0.2, -0.15) is 0 Å². The lowest BCUT2D eigenvalue weighted by molar-refractivity contribution is -0.150. The largest absolute Gasteiger partial charge is 0.465 e. The van der Waals surface area contributed by atoms with Crippen molar-refractivity contribution in [3.05, 3.63) is 42.0 Å². The number of amides is 3. The summed E-state index contributed by atoms with van der Waals surface area (Å²) in [5.74, 6) is -1.61. The maximum Gasteiger partial charge on any atom is 0.408 e. The highest BCUT2D eigenvalue weighted by atomic mass is 16.5. The normalized spacial score (nSPS) is 29.4. The first-order valence-corrected chi connectivity index (χ1v) is 11.4. The molecular weight excluding hydrogens is 410 g/mol. The summed E-state index contributed by atoms with van der Waals surface area (Å²) in [6.45, 7) is 3.17. The van der Waals surface area contributed by atoms with E-state index >= 15 is 0 Å². The fraction of sp³-hybridized carbons (Fsp3) is 0.542. The molecule has 172 valence electrons. The van der Waals surface area contributed by atoms with Gasteiger partial charge in [-0.05, 0) is 41.7 Å². The molecule has 1 aromatic rings. The standard InChI is InChI=1S/C24H31N3O5/c1-2-6-18-13-24(18)14-19(21(28)25-32)20(27(15-24)23(30)31)22(29)26-11-9-17(10-12-26)16-7-4-3-5-8-16/h3-5,7-9,18-20,32H,2,6,10-15H2,1H3,(H,25,28)(H,30,31)/t18?,19-,20-,24?/m0/s1. The second kappa shape index (κ2) is 8.94. The second-order valence-electron chi connectivity index (χ2n) is 9.32. The molecule has 3 amide bonds. The molecule has 2 fully saturated rings. The zero-order chi connectivity index (χ0) is 22.9. The number of likely N-dealkylation sites (tertiary alicyclic amines) is 1. The van der Waals surface area contributed by atoms with Crippen molar-refractivity contribution >= 4 is 23.5 Å². The lowest BCUT2D eigenvalue weighted by atomic mass is 9.78. The molecule has 4 rings (SSSR count). The highest BCUT2D eigenvalue weighted by molar-refractivity contribution is 5.93. The van der Waals surface area contributed by atoms with Gasteiger partial charge in [-0.3, -0.25) is 19.7 Å². The van der Waals surface area contributed by atoms with Gasteiger partial charge in [-0.25, -0.2) is 10.3 Å². The number of carboxylic acid groups (broad SMARTS) is 1. The molecular formula is C24H31N3O5. The Morgan fingerprint density at radius 2 is 1.94 bits per heavy atom. The number of carbonyl (C=O) groups excluding carboxylic acids is 2. The van der Waals surface area contributed by atoms with Gasteiger partial charge in [0.15, 0.2) is 0 Å². The Morgan fingerprint density at radius 3 is 2.53 bits per heavy atom. The van der Waals surface area contributed by atoms with Crippen LogP contribution in [0.15, 0.2) is 36.4 Å². The van der Waals surface area contributed by atoms with Crippen molar-refractivity contribution in [1.29, 1.82) is 0 Å². The highest BCUT2D eigenvalue weighted by Crippen LogP contribution is 2.61. The molecule has 1 spiro atoms. The van der Waals surface area contributed by atoms with Crippen molar-refractivity contribution in [1.82, 2.24) is 15.3 Å². The number of nitrogens with one attached hydrogen (secondary N) is 1. The van der Waals surface area contributed by atoms with Gasteiger partial charge in [0.2, 0.25) is 11.8 Å². The van der Waals surface area contributed by atoms with Crippen LogP contribution in [0.5, 0.6) is 0 Å². The summed E-state index contributed by atoms with van der Waals surface area (Å²) in [6, 6.07) is 8.83. The fourth-order valence-corrected chi connectivity index (χ4v) is 5.68. The molecule has 1 aliphatic carbocycles. The van der Waals surface area contributed by atoms with Crippen LogP contribution in [0, 0.1) is 17.3 Å². The van der Waals surface area contributed by atoms with E-state index in [9.17, 15) is 24.7 Å². The number of rotatable bonds is 5. The predicted octanol–water partition coefficient (Wildman–Crippen LogP) is 2.98. The van der Waals surface area contributed by atoms with Crippen LogP contribution in [0.2, 0.25) is 0 Å². The Labute approximate surface area is 187 Å². The zero-order valence-corrected chi connectivity index (χ0v) is 18.4. The SMILES string of the molecule is CCCC1CC12C[C@H](C(=O)NO)[C@@H](C(=O)N1CC=C(c3ccccc3)CC1)N(C(=O)O)C2. The third-order valence-electron chi connectivity index (χ3n) is 7.44. The molecule has 3 N–H and O–H groups in total. The molecule has 8 nitrogen and oxygen atoms in total. The van der Waals surface area contributed by atoms with E-state index in [0.29, 0.717) is 31.8 Å². The summed E-state index contributed by atoms with van der Waals surface area (Å²) >= 11 is 0. The van der Waals surface area contributed by atoms with Crippen LogP contribution in [0.1, 0.15) is 44.6 Å². The second-order valence-corrected chi connectivity index (χ2v) is 9.32. The Hall–Kier alpha value is -2.87. The molecule has 32 heavy (non-hydrogen) atoms. The van der Waals surface area contributed by atoms with E-state index in [4.69, 9.17) is 0 Å². The highest BCUT2D eigenvalue weighted by Gasteiger charge is 2.62. The summed E-state index contributed by atoms with van der Waals surface area (Å²) in [4.78, 5) is 41.0. The molecule has 2 unspecified atom stereocenters. The number of benzene rings is 1. The molecule has 4 atom stereocenters. The topological polar surface area (TPSA) is 110 Å². The molecule has 8 heteroatoms. The number of carbonyl (C=O) groups is 3. The number of piperidine rings is 1. The summed E-state index contributed by atoms with van der Waals surface area (Å²) in [5, 5.41) is 19.3. The summed E-state index contributed by atoms with van der Waals surface area (Å²) < 4.78 is 0. The van der Waals surface area contributed by atoms with Crippen LogP contribution in [-0.2, 0) is 9.59 Å². The Balaban J connectivity index is 1.56. The third-order valence-corrected chi connectivity index (χ3v) is 7.44. The van der Waals surface area contributed by atoms with Gasteiger partial charge in [0.05, 0.1) is 5.92 Å². The molecule has 1 saturated carbocycles. The maximum absolute atomic E-state index is 13.5. The Kier molecular flexibility index (Phi) is 6.24. The fourth-order valence-electron chi connectivity index (χ4n) is 5.68. The zero-order valence-electron chi connectivity index (χ0n) is 18.4. The van der Waals surface area contributed by atoms with Gasteiger partial charge in [0.1, 0.15) is 6.04 Å². The molecule has 0 bridgehead atoms. The number of hydrogen-bond acceptors (Lipinski definition) is 4. The van der Waals surface area contributed by atoms with Crippen LogP contribution in [-0.4, -0.2) is 63.7 Å². The molecule has 0 radical (unpaired) electrons. The van der Waals surface area contributed by atoms with Crippen molar-refractivity contribution in [3.63, 3.8) is 0 Å². The molecule has 1 aromatic carbocycles. The Morgan fingerprint density at radius 1 is 1.19 bits per heavy atom. The molecule has 2 heterocycles. The molecule has 3 aliphatic rings. The van der Waals surface area contributed by atoms with Gasteiger partial charge in [-0.15, -0.1) is 0 Å². The average molecular weight is 442 g/mol. The van der Waals surface area contributed by atoms with Gasteiger partial charge in [-0.1, -0.05) is 56.2 Å². The van der Waals surface area contributed by atoms with Gasteiger partial charge in [0.25, 0.3) is 0 Å². The van der Waals surface area contributed by atoms with Crippen molar-refractivity contribution in [2.24, 2.45) is 17.3 Å². The van der Waals surface area contributed by atoms with Gasteiger partial charge >= 0.3 is 6.09 Å². The predicted molar refractivity (Wildman–Crippen MR) is 118 cm³/mol. The first-order valence-electron chi connectivity index (χ1n) is 11.4. The number of nitrogens with zero attached hydrogens (tertiary/aromatic N) is 2. The van der Waals surface area contributed by atoms with Gasteiger partial charge in [0, 0.05) is 19.6 Å². The quantitative estimate of drug-likeness (QED) is 0.481. The number of hydroxylamine groups is 1. The number of hydrogen-bond donors (Lipinski definition) is 3. The van der Waals surface area contributed by atoms with Crippen LogP contribution in [0.4, 0.5) is 4.79 Å². The first-order chi connectivity index (χ1) is 15.4. The first kappa shape index (κ1) is 22.3. The monoisotopic (exact) mass is 441 g/mol. The van der Waals surface area contributed by atoms with E-state index in [-0.39, 0.29) is 17.9 Å². The van der Waals surface area contributed by atoms with Gasteiger partial charge < -0.3 is 10.0 Å². The summed E-state index contributed by atoms with van der Waals surface area (Å²) in [6.07, 6.45) is 4.69. The van der Waals surface area contributed by atoms with Crippen LogP contribution < -0.4 is 5.48 Å². The van der Waals surface area contributed by atoms with Crippen molar-refractivity contribution in [3.8, 4) is 0 Å². The van der Waals surface area contributed by atoms with Crippen molar-refractivity contribution in [2.45, 2.75) is 45.1 Å². The van der Waals surface area contributed by atoms with E-state index in [2.05, 4.69) is 6.92 Å². The minimum atomic E-state index is -1.20. The van der Waals surface area contributed by atoms with Crippen LogP contribution >= 0.6 is 0 Å². The van der Waals surface area contributed by atoms with E-state index < -0.39 is 24.0 Å². The van der Waals surface area contributed by atoms with E-state index in [1.165, 1.54) is 0 Å². The van der Waals surface area contributed by atoms with Crippen molar-refractivity contribution in [2.75, 3.05) is 19.6 Å². The minimum absolute atomic E-state index is 0.261. The molecule has 1 saturated heterocycles. The lowest BCUT2D eigenvalue weighted by Gasteiger charge is -2.44. The molecule has 0 aromatic heterocycles. The van der Waals surface area contributed by atoms with Crippen molar-refractivity contribution < 1.29 is 24.7 Å². The minimum Gasteiger partial charge on any atom is -0.465 e. The maximum atomic E-state index is 13.5. The smallest absolute Gasteiger partial charge is 0.408 e. The Bertz CT molecular complexity index is 917.